The molecule has 5 nitrogen and oxygen atoms in total. The Balaban J connectivity index is 2.72. The number of benzene rings is 1. The monoisotopic (exact) mass is 328 g/mol. The lowest BCUT2D eigenvalue weighted by atomic mass is 10.1. The normalized spacial score (nSPS) is 10.4. The van der Waals surface area contributed by atoms with Crippen molar-refractivity contribution in [2.24, 2.45) is 0 Å². The number of halogens is 3. The Morgan fingerprint density at radius 3 is 2.55 bits per heavy atom. The zero-order valence-electron chi connectivity index (χ0n) is 11.6. The van der Waals surface area contributed by atoms with E-state index in [-0.39, 0.29) is 27.7 Å². The topological polar surface area (TPSA) is 74.4 Å². The summed E-state index contributed by atoms with van der Waals surface area (Å²) in [5.41, 5.74) is 4.21. The molecule has 1 heterocycles. The first-order valence-corrected chi connectivity index (χ1v) is 6.35. The standard InChI is InChI=1S/C14H11ClF2N2O3/c1-21-13-7(15)4-3-6(10(13)16)12-11(17)8(18)5-9(19-12)14(20)22-2/h3-5H,1-2H3,(H2,18,19). The van der Waals surface area contributed by atoms with E-state index in [2.05, 4.69) is 9.72 Å². The highest BCUT2D eigenvalue weighted by molar-refractivity contribution is 6.32. The molecule has 0 amide bonds. The minimum atomic E-state index is -0.962. The second-order valence-electron chi connectivity index (χ2n) is 4.19. The molecule has 2 rings (SSSR count). The molecule has 116 valence electrons. The van der Waals surface area contributed by atoms with Crippen LogP contribution in [0, 0.1) is 11.6 Å². The van der Waals surface area contributed by atoms with Crippen LogP contribution in [0.4, 0.5) is 14.5 Å². The number of aromatic nitrogens is 1. The summed E-state index contributed by atoms with van der Waals surface area (Å²) in [6.07, 6.45) is 0. The maximum Gasteiger partial charge on any atom is 0.356 e. The van der Waals surface area contributed by atoms with Gasteiger partial charge >= 0.3 is 5.97 Å². The average Bonchev–Trinajstić information content (AvgIpc) is 2.50. The van der Waals surface area contributed by atoms with Crippen molar-refractivity contribution >= 4 is 23.3 Å². The van der Waals surface area contributed by atoms with E-state index >= 15 is 0 Å². The van der Waals surface area contributed by atoms with Gasteiger partial charge in [-0.05, 0) is 18.2 Å². The molecule has 0 radical (unpaired) electrons. The van der Waals surface area contributed by atoms with Crippen LogP contribution in [-0.2, 0) is 4.74 Å². The largest absolute Gasteiger partial charge is 0.492 e. The fourth-order valence-electron chi connectivity index (χ4n) is 1.84. The van der Waals surface area contributed by atoms with E-state index in [4.69, 9.17) is 22.1 Å². The molecule has 8 heteroatoms. The summed E-state index contributed by atoms with van der Waals surface area (Å²) in [4.78, 5) is 15.3. The van der Waals surface area contributed by atoms with Gasteiger partial charge in [0.25, 0.3) is 0 Å². The lowest BCUT2D eigenvalue weighted by Gasteiger charge is -2.11. The van der Waals surface area contributed by atoms with Crippen LogP contribution in [0.15, 0.2) is 18.2 Å². The van der Waals surface area contributed by atoms with E-state index in [0.717, 1.165) is 13.2 Å². The van der Waals surface area contributed by atoms with Crippen molar-refractivity contribution in [3.8, 4) is 17.0 Å². The number of nitrogens with zero attached hydrogens (tertiary/aromatic N) is 1. The van der Waals surface area contributed by atoms with Crippen molar-refractivity contribution in [3.63, 3.8) is 0 Å². The number of nitrogen functional groups attached to an aromatic ring is 1. The lowest BCUT2D eigenvalue weighted by molar-refractivity contribution is 0.0594. The Labute approximate surface area is 129 Å². The Bertz CT molecular complexity index is 753. The van der Waals surface area contributed by atoms with Gasteiger partial charge < -0.3 is 15.2 Å². The molecule has 0 spiro atoms. The molecule has 1 aromatic carbocycles. The minimum Gasteiger partial charge on any atom is -0.492 e. The van der Waals surface area contributed by atoms with Crippen LogP contribution in [0.3, 0.4) is 0 Å². The van der Waals surface area contributed by atoms with E-state index in [0.29, 0.717) is 0 Å². The number of nitrogens with two attached hydrogens (primary N) is 1. The van der Waals surface area contributed by atoms with Crippen LogP contribution >= 0.6 is 11.6 Å². The summed E-state index contributed by atoms with van der Waals surface area (Å²) in [5.74, 6) is -2.96. The molecular weight excluding hydrogens is 318 g/mol. The smallest absolute Gasteiger partial charge is 0.356 e. The van der Waals surface area contributed by atoms with Crippen molar-refractivity contribution in [3.05, 3.63) is 40.6 Å². The summed E-state index contributed by atoms with van der Waals surface area (Å²) in [5, 5.41) is 0.0150. The van der Waals surface area contributed by atoms with E-state index in [1.807, 2.05) is 0 Å². The van der Waals surface area contributed by atoms with Gasteiger partial charge in [-0.3, -0.25) is 0 Å². The highest BCUT2D eigenvalue weighted by atomic mass is 35.5. The van der Waals surface area contributed by atoms with Gasteiger partial charge in [-0.15, -0.1) is 0 Å². The quantitative estimate of drug-likeness (QED) is 0.876. The molecule has 1 aromatic heterocycles. The first-order chi connectivity index (χ1) is 10.4. The van der Waals surface area contributed by atoms with Crippen LogP contribution in [0.1, 0.15) is 10.5 Å². The van der Waals surface area contributed by atoms with Crippen LogP contribution in [0.2, 0.25) is 5.02 Å². The molecule has 0 aliphatic rings. The summed E-state index contributed by atoms with van der Waals surface area (Å²) < 4.78 is 37.9. The van der Waals surface area contributed by atoms with Crippen LogP contribution < -0.4 is 10.5 Å². The predicted molar refractivity (Wildman–Crippen MR) is 76.9 cm³/mol. The van der Waals surface area contributed by atoms with Crippen molar-refractivity contribution in [2.45, 2.75) is 0 Å². The highest BCUT2D eigenvalue weighted by Crippen LogP contribution is 2.36. The van der Waals surface area contributed by atoms with E-state index in [9.17, 15) is 13.6 Å². The Kier molecular flexibility index (Phi) is 4.46. The molecule has 0 saturated carbocycles. The van der Waals surface area contributed by atoms with Gasteiger partial charge in [0.2, 0.25) is 0 Å². The Morgan fingerprint density at radius 1 is 1.27 bits per heavy atom. The lowest BCUT2D eigenvalue weighted by Crippen LogP contribution is -2.09. The van der Waals surface area contributed by atoms with Gasteiger partial charge in [0.15, 0.2) is 23.1 Å². The van der Waals surface area contributed by atoms with Crippen LogP contribution in [-0.4, -0.2) is 25.2 Å². The first kappa shape index (κ1) is 16.0. The molecule has 0 fully saturated rings. The third-order valence-corrected chi connectivity index (χ3v) is 3.19. The van der Waals surface area contributed by atoms with Crippen molar-refractivity contribution in [2.75, 3.05) is 20.0 Å². The molecule has 0 bridgehead atoms. The minimum absolute atomic E-state index is 0.0150. The molecule has 0 aliphatic heterocycles. The molecule has 0 saturated heterocycles. The second-order valence-corrected chi connectivity index (χ2v) is 4.60. The number of carbonyl (C=O) groups excluding carboxylic acids is 1. The summed E-state index contributed by atoms with van der Waals surface area (Å²) in [6.45, 7) is 0. The average molecular weight is 329 g/mol. The van der Waals surface area contributed by atoms with Gasteiger partial charge in [-0.1, -0.05) is 11.6 Å². The number of esters is 1. The summed E-state index contributed by atoms with van der Waals surface area (Å²) >= 11 is 5.79. The predicted octanol–water partition coefficient (Wildman–Crippen LogP) is 3.06. The number of pyridine rings is 1. The number of ether oxygens (including phenoxy) is 2. The number of carbonyl (C=O) groups is 1. The molecular formula is C14H11ClF2N2O3. The molecule has 2 aromatic rings. The molecule has 0 unspecified atom stereocenters. The summed E-state index contributed by atoms with van der Waals surface area (Å²) in [7, 11) is 2.35. The van der Waals surface area contributed by atoms with Crippen LogP contribution in [0.25, 0.3) is 11.3 Å². The third kappa shape index (κ3) is 2.67. The molecule has 0 aliphatic carbocycles. The fraction of sp³-hybridized carbons (Fsp3) is 0.143. The molecule has 0 atom stereocenters. The van der Waals surface area contributed by atoms with Crippen LogP contribution in [0.5, 0.6) is 5.75 Å². The number of rotatable bonds is 3. The van der Waals surface area contributed by atoms with Crippen molar-refractivity contribution in [1.82, 2.24) is 4.98 Å². The van der Waals surface area contributed by atoms with Gasteiger partial charge in [-0.25, -0.2) is 18.6 Å². The van der Waals surface area contributed by atoms with Gasteiger partial charge in [0.1, 0.15) is 5.69 Å². The highest BCUT2D eigenvalue weighted by Gasteiger charge is 2.22. The second kappa shape index (κ2) is 6.15. The maximum absolute atomic E-state index is 14.4. The van der Waals surface area contributed by atoms with Gasteiger partial charge in [-0.2, -0.15) is 0 Å². The Hall–Kier alpha value is -2.41. The number of anilines is 1. The number of methoxy groups -OCH3 is 2. The number of hydrogen-bond donors (Lipinski definition) is 1. The van der Waals surface area contributed by atoms with E-state index in [1.54, 1.807) is 0 Å². The fourth-order valence-corrected chi connectivity index (χ4v) is 2.06. The van der Waals surface area contributed by atoms with Crippen molar-refractivity contribution < 1.29 is 23.0 Å². The maximum atomic E-state index is 14.4. The van der Waals surface area contributed by atoms with Gasteiger partial charge in [0.05, 0.1) is 24.9 Å². The molecule has 22 heavy (non-hydrogen) atoms. The zero-order chi connectivity index (χ0) is 16.4. The zero-order valence-corrected chi connectivity index (χ0v) is 12.4. The first-order valence-electron chi connectivity index (χ1n) is 5.97. The SMILES string of the molecule is COC(=O)c1cc(N)c(F)c(-c2ccc(Cl)c(OC)c2F)n1. The molecule has 2 N–H and O–H groups in total. The number of hydrogen-bond acceptors (Lipinski definition) is 5. The van der Waals surface area contributed by atoms with Crippen molar-refractivity contribution in [1.29, 1.82) is 0 Å². The third-order valence-electron chi connectivity index (χ3n) is 2.89. The van der Waals surface area contributed by atoms with Gasteiger partial charge in [0, 0.05) is 5.56 Å². The van der Waals surface area contributed by atoms with E-state index in [1.165, 1.54) is 19.2 Å². The van der Waals surface area contributed by atoms with E-state index < -0.39 is 23.3 Å². The Morgan fingerprint density at radius 2 is 1.95 bits per heavy atom. The summed E-state index contributed by atoms with van der Waals surface area (Å²) in [6, 6.07) is 3.54.